The molecule has 0 saturated carbocycles. The van der Waals surface area contributed by atoms with Crippen LogP contribution in [0.15, 0.2) is 12.1 Å². The molecule has 6 heteroatoms. The Labute approximate surface area is 78.1 Å². The molecule has 4 nitrogen and oxygen atoms in total. The van der Waals surface area contributed by atoms with E-state index in [2.05, 4.69) is 15.3 Å². The molecule has 0 spiro atoms. The largest absolute Gasteiger partial charge is 0.195 e. The summed E-state index contributed by atoms with van der Waals surface area (Å²) in [5.41, 5.74) is 0.648. The summed E-state index contributed by atoms with van der Waals surface area (Å²) in [5.74, 6) is 0.864. The third kappa shape index (κ3) is 1.13. The third-order valence-electron chi connectivity index (χ3n) is 1.41. The first-order valence-electron chi connectivity index (χ1n) is 3.24. The van der Waals surface area contributed by atoms with E-state index in [-0.39, 0.29) is 5.88 Å². The molecule has 0 aromatic carbocycles. The highest BCUT2D eigenvalue weighted by molar-refractivity contribution is 6.29. The summed E-state index contributed by atoms with van der Waals surface area (Å²) in [7, 11) is 0. The number of rotatable bonds is 1. The van der Waals surface area contributed by atoms with Crippen LogP contribution in [-0.2, 0) is 5.88 Å². The fourth-order valence-electron chi connectivity index (χ4n) is 0.894. The van der Waals surface area contributed by atoms with Crippen molar-refractivity contribution in [2.75, 3.05) is 0 Å². The van der Waals surface area contributed by atoms with Gasteiger partial charge in [0.05, 0.1) is 5.88 Å². The standard InChI is InChI=1S/C6H4Cl2N4/c7-3-6-10-9-5-2-1-4(8)11-12(5)6/h1-2H,3H2. The fourth-order valence-corrected chi connectivity index (χ4v) is 1.20. The topological polar surface area (TPSA) is 43.1 Å². The van der Waals surface area contributed by atoms with Crippen molar-refractivity contribution in [2.45, 2.75) is 5.88 Å². The van der Waals surface area contributed by atoms with Gasteiger partial charge in [-0.3, -0.25) is 0 Å². The highest BCUT2D eigenvalue weighted by atomic mass is 35.5. The van der Waals surface area contributed by atoms with Crippen LogP contribution in [0.25, 0.3) is 5.65 Å². The van der Waals surface area contributed by atoms with Crippen LogP contribution in [0.4, 0.5) is 0 Å². The Bertz CT molecular complexity index is 411. The summed E-state index contributed by atoms with van der Waals surface area (Å²) in [6.45, 7) is 0. The Morgan fingerprint density at radius 1 is 1.33 bits per heavy atom. The van der Waals surface area contributed by atoms with Crippen LogP contribution in [0.2, 0.25) is 5.15 Å². The van der Waals surface area contributed by atoms with Crippen LogP contribution in [0.1, 0.15) is 5.82 Å². The number of aromatic nitrogens is 4. The Balaban J connectivity index is 2.75. The monoisotopic (exact) mass is 202 g/mol. The molecule has 0 bridgehead atoms. The number of fused-ring (bicyclic) bond motifs is 1. The maximum absolute atomic E-state index is 5.67. The lowest BCUT2D eigenvalue weighted by Gasteiger charge is -1.93. The predicted molar refractivity (Wildman–Crippen MR) is 45.3 cm³/mol. The molecule has 0 saturated heterocycles. The van der Waals surface area contributed by atoms with Gasteiger partial charge in [0.1, 0.15) is 5.15 Å². The van der Waals surface area contributed by atoms with Crippen molar-refractivity contribution >= 4 is 28.8 Å². The molecule has 0 atom stereocenters. The van der Waals surface area contributed by atoms with Crippen molar-refractivity contribution in [1.29, 1.82) is 0 Å². The molecule has 0 aliphatic carbocycles. The van der Waals surface area contributed by atoms with E-state index in [1.54, 1.807) is 12.1 Å². The molecule has 0 aliphatic heterocycles. The number of hydrogen-bond acceptors (Lipinski definition) is 3. The predicted octanol–water partition coefficient (Wildman–Crippen LogP) is 1.52. The molecule has 0 unspecified atom stereocenters. The van der Waals surface area contributed by atoms with E-state index in [1.165, 1.54) is 4.52 Å². The van der Waals surface area contributed by atoms with Crippen molar-refractivity contribution in [2.24, 2.45) is 0 Å². The Morgan fingerprint density at radius 3 is 2.92 bits per heavy atom. The van der Waals surface area contributed by atoms with E-state index in [9.17, 15) is 0 Å². The van der Waals surface area contributed by atoms with Crippen molar-refractivity contribution in [1.82, 2.24) is 19.8 Å². The first kappa shape index (κ1) is 7.76. The molecule has 0 aliphatic rings. The molecular weight excluding hydrogens is 199 g/mol. The molecule has 0 amide bonds. The van der Waals surface area contributed by atoms with Crippen LogP contribution < -0.4 is 0 Å². The van der Waals surface area contributed by atoms with E-state index in [0.717, 1.165) is 0 Å². The lowest BCUT2D eigenvalue weighted by molar-refractivity contribution is 0.864. The van der Waals surface area contributed by atoms with Crippen molar-refractivity contribution in [3.63, 3.8) is 0 Å². The maximum Gasteiger partial charge on any atom is 0.178 e. The minimum atomic E-state index is 0.272. The third-order valence-corrected chi connectivity index (χ3v) is 1.85. The number of alkyl halides is 1. The molecule has 2 rings (SSSR count). The molecule has 62 valence electrons. The summed E-state index contributed by atoms with van der Waals surface area (Å²) in [6.07, 6.45) is 0. The summed E-state index contributed by atoms with van der Waals surface area (Å²) in [5, 5.41) is 12.0. The summed E-state index contributed by atoms with van der Waals surface area (Å²) >= 11 is 11.3. The average Bonchev–Trinajstić information content (AvgIpc) is 2.46. The number of nitrogens with zero attached hydrogens (tertiary/aromatic N) is 4. The first-order valence-corrected chi connectivity index (χ1v) is 4.15. The quantitative estimate of drug-likeness (QED) is 0.659. The molecule has 2 aromatic heterocycles. The lowest BCUT2D eigenvalue weighted by Crippen LogP contribution is -1.95. The first-order chi connectivity index (χ1) is 5.81. The van der Waals surface area contributed by atoms with Gasteiger partial charge < -0.3 is 0 Å². The molecule has 2 aromatic rings. The van der Waals surface area contributed by atoms with Gasteiger partial charge >= 0.3 is 0 Å². The van der Waals surface area contributed by atoms with E-state index in [0.29, 0.717) is 16.6 Å². The number of halogens is 2. The van der Waals surface area contributed by atoms with Crippen molar-refractivity contribution < 1.29 is 0 Å². The lowest BCUT2D eigenvalue weighted by atomic mass is 10.5. The molecular formula is C6H4Cl2N4. The Hall–Kier alpha value is -0.870. The molecule has 12 heavy (non-hydrogen) atoms. The van der Waals surface area contributed by atoms with Crippen molar-refractivity contribution in [3.05, 3.63) is 23.1 Å². The van der Waals surface area contributed by atoms with Gasteiger partial charge in [0.25, 0.3) is 0 Å². The van der Waals surface area contributed by atoms with Gasteiger partial charge in [-0.15, -0.1) is 21.8 Å². The average molecular weight is 203 g/mol. The molecule has 2 heterocycles. The van der Waals surface area contributed by atoms with Gasteiger partial charge in [-0.05, 0) is 12.1 Å². The minimum Gasteiger partial charge on any atom is -0.195 e. The zero-order valence-corrected chi connectivity index (χ0v) is 7.42. The summed E-state index contributed by atoms with van der Waals surface area (Å²) < 4.78 is 1.52. The van der Waals surface area contributed by atoms with E-state index >= 15 is 0 Å². The number of hydrogen-bond donors (Lipinski definition) is 0. The van der Waals surface area contributed by atoms with E-state index in [4.69, 9.17) is 23.2 Å². The van der Waals surface area contributed by atoms with Crippen LogP contribution >= 0.6 is 23.2 Å². The molecule has 0 N–H and O–H groups in total. The van der Waals surface area contributed by atoms with Crippen molar-refractivity contribution in [3.8, 4) is 0 Å². The van der Waals surface area contributed by atoms with Gasteiger partial charge in [0, 0.05) is 0 Å². The zero-order chi connectivity index (χ0) is 8.55. The highest BCUT2D eigenvalue weighted by Gasteiger charge is 2.04. The molecule has 0 fully saturated rings. The second-order valence-corrected chi connectivity index (χ2v) is 2.83. The van der Waals surface area contributed by atoms with Gasteiger partial charge in [0.15, 0.2) is 11.5 Å². The van der Waals surface area contributed by atoms with Gasteiger partial charge in [0.2, 0.25) is 0 Å². The normalized spacial score (nSPS) is 10.8. The molecule has 0 radical (unpaired) electrons. The van der Waals surface area contributed by atoms with Crippen LogP contribution in [0, 0.1) is 0 Å². The Morgan fingerprint density at radius 2 is 2.17 bits per heavy atom. The zero-order valence-electron chi connectivity index (χ0n) is 5.91. The summed E-state index contributed by atoms with van der Waals surface area (Å²) in [4.78, 5) is 0. The van der Waals surface area contributed by atoms with E-state index in [1.807, 2.05) is 0 Å². The van der Waals surface area contributed by atoms with Crippen LogP contribution in [-0.4, -0.2) is 19.8 Å². The highest BCUT2D eigenvalue weighted by Crippen LogP contribution is 2.08. The second-order valence-electron chi connectivity index (χ2n) is 2.18. The maximum atomic E-state index is 5.67. The van der Waals surface area contributed by atoms with Crippen LogP contribution in [0.5, 0.6) is 0 Å². The SMILES string of the molecule is ClCc1nnc2ccc(Cl)nn12. The Kier molecular flexibility index (Phi) is 1.86. The fraction of sp³-hybridized carbons (Fsp3) is 0.167. The van der Waals surface area contributed by atoms with E-state index < -0.39 is 0 Å². The second kappa shape index (κ2) is 2.88. The smallest absolute Gasteiger partial charge is 0.178 e. The van der Waals surface area contributed by atoms with Gasteiger partial charge in [-0.1, -0.05) is 11.6 Å². The summed E-state index contributed by atoms with van der Waals surface area (Å²) in [6, 6.07) is 3.39. The van der Waals surface area contributed by atoms with Gasteiger partial charge in [-0.25, -0.2) is 0 Å². The van der Waals surface area contributed by atoms with Gasteiger partial charge in [-0.2, -0.15) is 9.61 Å². The minimum absolute atomic E-state index is 0.272. The van der Waals surface area contributed by atoms with Crippen LogP contribution in [0.3, 0.4) is 0 Å².